The Morgan fingerprint density at radius 3 is 2.59 bits per heavy atom. The molecule has 1 fully saturated rings. The number of para-hydroxylation sites is 1. The molecule has 2 heterocycles. The van der Waals surface area contributed by atoms with Gasteiger partial charge in [0, 0.05) is 29.7 Å². The number of amides is 1. The van der Waals surface area contributed by atoms with Gasteiger partial charge in [-0.3, -0.25) is 4.79 Å². The molecule has 1 saturated carbocycles. The van der Waals surface area contributed by atoms with E-state index in [9.17, 15) is 4.79 Å². The van der Waals surface area contributed by atoms with Crippen LogP contribution in [0.15, 0.2) is 79.4 Å². The number of ether oxygens (including phenoxy) is 2. The summed E-state index contributed by atoms with van der Waals surface area (Å²) in [4.78, 5) is 21.4. The highest BCUT2D eigenvalue weighted by Gasteiger charge is 2.52. The van der Waals surface area contributed by atoms with E-state index >= 15 is 0 Å². The first kappa shape index (κ1) is 19.7. The van der Waals surface area contributed by atoms with Gasteiger partial charge in [-0.2, -0.15) is 5.10 Å². The van der Waals surface area contributed by atoms with Gasteiger partial charge in [-0.25, -0.2) is 14.6 Å². The molecule has 1 N–H and O–H groups in total. The number of hydrogen-bond donors (Lipinski definition) is 1. The molecule has 1 amide bonds. The summed E-state index contributed by atoms with van der Waals surface area (Å²) in [6.07, 6.45) is 6.49. The van der Waals surface area contributed by atoms with Crippen molar-refractivity contribution in [2.75, 3.05) is 12.4 Å². The molecule has 0 aliphatic heterocycles. The van der Waals surface area contributed by atoms with Gasteiger partial charge in [-0.15, -0.1) is 0 Å². The lowest BCUT2D eigenvalue weighted by molar-refractivity contribution is -0.118. The largest absolute Gasteiger partial charge is 0.496 e. The quantitative estimate of drug-likeness (QED) is 0.477. The number of anilines is 1. The van der Waals surface area contributed by atoms with Gasteiger partial charge in [0.15, 0.2) is 5.82 Å². The second-order valence-electron chi connectivity index (χ2n) is 7.53. The molecule has 0 unspecified atom stereocenters. The predicted molar refractivity (Wildman–Crippen MR) is 118 cm³/mol. The Morgan fingerprint density at radius 2 is 1.88 bits per heavy atom. The first-order chi connectivity index (χ1) is 15.7. The number of methoxy groups -OCH3 is 1. The van der Waals surface area contributed by atoms with Crippen LogP contribution in [0.5, 0.6) is 17.4 Å². The van der Waals surface area contributed by atoms with Crippen LogP contribution in [0.3, 0.4) is 0 Å². The molecule has 2 aromatic carbocycles. The van der Waals surface area contributed by atoms with Crippen LogP contribution in [0.1, 0.15) is 18.4 Å². The van der Waals surface area contributed by atoms with Crippen LogP contribution in [0, 0.1) is 0 Å². The lowest BCUT2D eigenvalue weighted by Gasteiger charge is -2.18. The SMILES string of the molecule is COc1ccccc1C1(C(=O)Nc2ccc(Oc3cc(-n4cccn4)ncn3)cc2)CC1. The summed E-state index contributed by atoms with van der Waals surface area (Å²) in [5.74, 6) is 2.31. The Labute approximate surface area is 184 Å². The van der Waals surface area contributed by atoms with Crippen LogP contribution in [-0.2, 0) is 10.2 Å². The zero-order chi connectivity index (χ0) is 22.0. The number of carbonyl (C=O) groups is 1. The van der Waals surface area contributed by atoms with Crippen molar-refractivity contribution < 1.29 is 14.3 Å². The van der Waals surface area contributed by atoms with E-state index in [-0.39, 0.29) is 5.91 Å². The van der Waals surface area contributed by atoms with E-state index in [1.54, 1.807) is 54.5 Å². The molecular weight excluding hydrogens is 406 g/mol. The zero-order valence-electron chi connectivity index (χ0n) is 17.4. The minimum absolute atomic E-state index is 0.0321. The number of aromatic nitrogens is 4. The van der Waals surface area contributed by atoms with Crippen LogP contribution in [-0.4, -0.2) is 32.8 Å². The molecule has 0 atom stereocenters. The molecule has 0 saturated heterocycles. The molecule has 160 valence electrons. The molecule has 0 radical (unpaired) electrons. The van der Waals surface area contributed by atoms with Crippen molar-refractivity contribution >= 4 is 11.6 Å². The van der Waals surface area contributed by atoms with E-state index in [0.29, 0.717) is 23.1 Å². The molecule has 8 heteroatoms. The predicted octanol–water partition coefficient (Wildman–Crippen LogP) is 4.13. The first-order valence-corrected chi connectivity index (χ1v) is 10.2. The summed E-state index contributed by atoms with van der Waals surface area (Å²) < 4.78 is 12.9. The van der Waals surface area contributed by atoms with Crippen molar-refractivity contribution in [1.82, 2.24) is 19.7 Å². The van der Waals surface area contributed by atoms with Gasteiger partial charge >= 0.3 is 0 Å². The van der Waals surface area contributed by atoms with Gasteiger partial charge < -0.3 is 14.8 Å². The van der Waals surface area contributed by atoms with E-state index in [4.69, 9.17) is 9.47 Å². The fourth-order valence-corrected chi connectivity index (χ4v) is 3.68. The maximum Gasteiger partial charge on any atom is 0.235 e. The minimum atomic E-state index is -0.536. The molecule has 0 bridgehead atoms. The number of nitrogens with zero attached hydrogens (tertiary/aromatic N) is 4. The van der Waals surface area contributed by atoms with Gasteiger partial charge in [0.1, 0.15) is 17.8 Å². The van der Waals surface area contributed by atoms with Crippen molar-refractivity contribution in [3.63, 3.8) is 0 Å². The van der Waals surface area contributed by atoms with Crippen molar-refractivity contribution in [1.29, 1.82) is 0 Å². The number of hydrogen-bond acceptors (Lipinski definition) is 6. The second-order valence-corrected chi connectivity index (χ2v) is 7.53. The van der Waals surface area contributed by atoms with E-state index < -0.39 is 5.41 Å². The molecule has 2 aromatic heterocycles. The van der Waals surface area contributed by atoms with Gasteiger partial charge in [-0.05, 0) is 49.2 Å². The maximum atomic E-state index is 13.1. The average Bonchev–Trinajstić information content (AvgIpc) is 3.46. The standard InChI is InChI=1S/C24H21N5O3/c1-31-20-6-3-2-5-19(20)24(11-12-24)23(30)28-17-7-9-18(10-8-17)32-22-15-21(25-16-26-22)29-14-4-13-27-29/h2-10,13-16H,11-12H2,1H3,(H,28,30). The molecular formula is C24H21N5O3. The fourth-order valence-electron chi connectivity index (χ4n) is 3.68. The topological polar surface area (TPSA) is 91.2 Å². The number of nitrogens with one attached hydrogen (secondary N) is 1. The minimum Gasteiger partial charge on any atom is -0.496 e. The summed E-state index contributed by atoms with van der Waals surface area (Å²) >= 11 is 0. The third-order valence-electron chi connectivity index (χ3n) is 5.51. The van der Waals surface area contributed by atoms with Crippen molar-refractivity contribution in [2.45, 2.75) is 18.3 Å². The monoisotopic (exact) mass is 427 g/mol. The Kier molecular flexibility index (Phi) is 5.03. The molecule has 0 spiro atoms. The molecule has 4 aromatic rings. The van der Waals surface area contributed by atoms with Gasteiger partial charge in [0.05, 0.1) is 12.5 Å². The summed E-state index contributed by atoms with van der Waals surface area (Å²) in [5, 5.41) is 7.18. The number of rotatable bonds is 7. The Bertz CT molecular complexity index is 1230. The summed E-state index contributed by atoms with van der Waals surface area (Å²) in [6.45, 7) is 0. The van der Waals surface area contributed by atoms with E-state index in [1.165, 1.54) is 6.33 Å². The first-order valence-electron chi connectivity index (χ1n) is 10.2. The highest BCUT2D eigenvalue weighted by atomic mass is 16.5. The molecule has 32 heavy (non-hydrogen) atoms. The van der Waals surface area contributed by atoms with Crippen LogP contribution < -0.4 is 14.8 Å². The zero-order valence-corrected chi connectivity index (χ0v) is 17.4. The van der Waals surface area contributed by atoms with Crippen molar-refractivity contribution in [3.8, 4) is 23.2 Å². The van der Waals surface area contributed by atoms with Gasteiger partial charge in [0.25, 0.3) is 0 Å². The molecule has 8 nitrogen and oxygen atoms in total. The van der Waals surface area contributed by atoms with Gasteiger partial charge in [0.2, 0.25) is 11.8 Å². The highest BCUT2D eigenvalue weighted by Crippen LogP contribution is 2.52. The van der Waals surface area contributed by atoms with Crippen LogP contribution >= 0.6 is 0 Å². The maximum absolute atomic E-state index is 13.1. The number of carbonyl (C=O) groups excluding carboxylic acids is 1. The van der Waals surface area contributed by atoms with E-state index in [2.05, 4.69) is 20.4 Å². The van der Waals surface area contributed by atoms with Gasteiger partial charge in [-0.1, -0.05) is 18.2 Å². The molecule has 1 aliphatic carbocycles. The third kappa shape index (κ3) is 3.78. The summed E-state index contributed by atoms with van der Waals surface area (Å²) in [7, 11) is 1.63. The Morgan fingerprint density at radius 1 is 1.06 bits per heavy atom. The molecule has 5 rings (SSSR count). The van der Waals surface area contributed by atoms with E-state index in [1.807, 2.05) is 30.3 Å². The number of benzene rings is 2. The third-order valence-corrected chi connectivity index (χ3v) is 5.51. The smallest absolute Gasteiger partial charge is 0.235 e. The average molecular weight is 427 g/mol. The Balaban J connectivity index is 1.28. The van der Waals surface area contributed by atoms with Crippen LogP contribution in [0.2, 0.25) is 0 Å². The summed E-state index contributed by atoms with van der Waals surface area (Å²) in [6, 6.07) is 18.4. The highest BCUT2D eigenvalue weighted by molar-refractivity contribution is 6.01. The second kappa shape index (κ2) is 8.14. The van der Waals surface area contributed by atoms with Crippen LogP contribution in [0.25, 0.3) is 5.82 Å². The summed E-state index contributed by atoms with van der Waals surface area (Å²) in [5.41, 5.74) is 1.09. The normalized spacial score (nSPS) is 13.9. The Hall–Kier alpha value is -4.20. The lowest BCUT2D eigenvalue weighted by Crippen LogP contribution is -2.28. The van der Waals surface area contributed by atoms with E-state index in [0.717, 1.165) is 24.2 Å². The van der Waals surface area contributed by atoms with Crippen LogP contribution in [0.4, 0.5) is 5.69 Å². The van der Waals surface area contributed by atoms with Crippen molar-refractivity contribution in [2.24, 2.45) is 0 Å². The fraction of sp³-hybridized carbons (Fsp3) is 0.167. The van der Waals surface area contributed by atoms with Crippen molar-refractivity contribution in [3.05, 3.63) is 84.9 Å². The molecule has 1 aliphatic rings. The lowest BCUT2D eigenvalue weighted by atomic mass is 9.94.